The largest absolute Gasteiger partial charge is 0.499 e. The Morgan fingerprint density at radius 2 is 1.35 bits per heavy atom. The number of hydrogen-bond donors (Lipinski definition) is 1. The molecule has 0 saturated heterocycles. The zero-order chi connectivity index (χ0) is 34.8. The molecule has 1 N–H and O–H groups in total. The second-order valence-electron chi connectivity index (χ2n) is 10.2. The highest BCUT2D eigenvalue weighted by atomic mass is 35.5. The van der Waals surface area contributed by atoms with Crippen LogP contribution in [0.15, 0.2) is 110 Å². The molecule has 4 aromatic rings. The monoisotopic (exact) mass is 724 g/mol. The molecule has 1 unspecified atom stereocenters. The van der Waals surface area contributed by atoms with E-state index >= 15 is 0 Å². The molecular formula is C34H28Cl4N6O4. The summed E-state index contributed by atoms with van der Waals surface area (Å²) in [5, 5.41) is 20.3. The number of azo groups is 2. The van der Waals surface area contributed by atoms with E-state index in [4.69, 9.17) is 55.9 Å². The van der Waals surface area contributed by atoms with Gasteiger partial charge in [0.2, 0.25) is 6.04 Å². The number of nitrogens with zero attached hydrogens (tertiary/aromatic N) is 5. The van der Waals surface area contributed by atoms with Gasteiger partial charge in [0.1, 0.15) is 17.6 Å². The molecule has 0 heterocycles. The molecule has 0 aromatic heterocycles. The van der Waals surface area contributed by atoms with Gasteiger partial charge in [-0.1, -0.05) is 58.5 Å². The Balaban J connectivity index is 1.42. The smallest absolute Gasteiger partial charge is 0.274 e. The zero-order valence-electron chi connectivity index (χ0n) is 26.0. The number of hydrogen-bond acceptors (Lipinski definition) is 9. The number of halogens is 4. The highest BCUT2D eigenvalue weighted by Gasteiger charge is 2.24. The molecule has 0 spiro atoms. The van der Waals surface area contributed by atoms with Crippen molar-refractivity contribution in [3.05, 3.63) is 116 Å². The number of ether oxygens (including phenoxy) is 2. The summed E-state index contributed by atoms with van der Waals surface area (Å²) in [4.78, 5) is 29.6. The minimum absolute atomic E-state index is 0.0489. The van der Waals surface area contributed by atoms with Gasteiger partial charge in [-0.25, -0.2) is 4.99 Å². The lowest BCUT2D eigenvalue weighted by Crippen LogP contribution is -2.32. The minimum Gasteiger partial charge on any atom is -0.499 e. The Labute approximate surface area is 297 Å². The van der Waals surface area contributed by atoms with E-state index in [1.807, 2.05) is 44.2 Å². The maximum Gasteiger partial charge on any atom is 0.274 e. The molecule has 1 amide bonds. The molecule has 14 heteroatoms. The fourth-order valence-corrected chi connectivity index (χ4v) is 5.04. The molecular weight excluding hydrogens is 698 g/mol. The maximum absolute atomic E-state index is 13.0. The highest BCUT2D eigenvalue weighted by molar-refractivity contribution is 6.36. The van der Waals surface area contributed by atoms with Crippen LogP contribution in [0.4, 0.5) is 22.7 Å². The van der Waals surface area contributed by atoms with E-state index in [9.17, 15) is 9.59 Å². The second-order valence-corrected chi connectivity index (χ2v) is 11.9. The molecule has 246 valence electrons. The predicted molar refractivity (Wildman–Crippen MR) is 191 cm³/mol. The van der Waals surface area contributed by atoms with Gasteiger partial charge in [0.25, 0.3) is 11.8 Å². The number of aliphatic imine (C=N–C) groups is 1. The van der Waals surface area contributed by atoms with Crippen LogP contribution in [0.1, 0.15) is 18.1 Å². The van der Waals surface area contributed by atoms with Gasteiger partial charge in [0, 0.05) is 15.7 Å². The number of amides is 1. The first kappa shape index (κ1) is 36.2. The number of carbonyl (C=O) groups is 2. The summed E-state index contributed by atoms with van der Waals surface area (Å²) < 4.78 is 10.5. The Kier molecular flexibility index (Phi) is 12.8. The van der Waals surface area contributed by atoms with Crippen LogP contribution < -0.4 is 5.32 Å². The number of carbonyl (C=O) groups excluding carboxylic acids is 2. The van der Waals surface area contributed by atoms with Crippen molar-refractivity contribution in [2.75, 3.05) is 12.4 Å². The summed E-state index contributed by atoms with van der Waals surface area (Å²) >= 11 is 24.1. The molecule has 10 nitrogen and oxygen atoms in total. The molecule has 0 aliphatic rings. The van der Waals surface area contributed by atoms with Crippen molar-refractivity contribution in [2.45, 2.75) is 26.8 Å². The summed E-state index contributed by atoms with van der Waals surface area (Å²) in [5.74, 6) is -1.04. The third-order valence-corrected chi connectivity index (χ3v) is 7.66. The van der Waals surface area contributed by atoms with Gasteiger partial charge >= 0.3 is 0 Å². The third-order valence-electron chi connectivity index (χ3n) is 6.59. The van der Waals surface area contributed by atoms with E-state index in [1.54, 1.807) is 36.4 Å². The van der Waals surface area contributed by atoms with Crippen molar-refractivity contribution in [1.29, 1.82) is 0 Å². The minimum atomic E-state index is -1.36. The summed E-state index contributed by atoms with van der Waals surface area (Å²) in [6.07, 6.45) is 2.50. The highest BCUT2D eigenvalue weighted by Crippen LogP contribution is 2.31. The van der Waals surface area contributed by atoms with E-state index in [1.165, 1.54) is 32.8 Å². The lowest BCUT2D eigenvalue weighted by molar-refractivity contribution is -0.126. The number of ketones is 1. The van der Waals surface area contributed by atoms with Crippen LogP contribution in [0, 0.1) is 13.8 Å². The maximum atomic E-state index is 13.0. The summed E-state index contributed by atoms with van der Waals surface area (Å²) in [6.45, 7) is 5.03. The Hall–Kier alpha value is -4.61. The first-order chi connectivity index (χ1) is 22.9. The van der Waals surface area contributed by atoms with Crippen LogP contribution >= 0.6 is 46.4 Å². The van der Waals surface area contributed by atoms with E-state index in [-0.39, 0.29) is 16.6 Å². The van der Waals surface area contributed by atoms with Crippen LogP contribution in [0.2, 0.25) is 20.1 Å². The number of aryl methyl sites for hydroxylation is 2. The van der Waals surface area contributed by atoms with Crippen LogP contribution in [-0.2, 0) is 19.1 Å². The summed E-state index contributed by atoms with van der Waals surface area (Å²) in [6, 6.07) is 19.4. The number of benzene rings is 4. The van der Waals surface area contributed by atoms with Gasteiger partial charge in [-0.3, -0.25) is 9.59 Å². The van der Waals surface area contributed by atoms with Gasteiger partial charge in [-0.2, -0.15) is 10.2 Å². The third kappa shape index (κ3) is 9.95. The van der Waals surface area contributed by atoms with Crippen molar-refractivity contribution >= 4 is 87.2 Å². The first-order valence-electron chi connectivity index (χ1n) is 14.1. The van der Waals surface area contributed by atoms with Crippen molar-refractivity contribution < 1.29 is 19.1 Å². The normalized spacial score (nSPS) is 12.5. The van der Waals surface area contributed by atoms with Gasteiger partial charge < -0.3 is 14.8 Å². The number of methoxy groups -OCH3 is 1. The average molecular weight is 726 g/mol. The average Bonchev–Trinajstić information content (AvgIpc) is 3.03. The van der Waals surface area contributed by atoms with Crippen molar-refractivity contribution in [1.82, 2.24) is 0 Å². The number of Topliss-reactive ketones (excluding diaryl/α,β-unsaturated/α-hetero) is 1. The van der Waals surface area contributed by atoms with Crippen LogP contribution in [0.5, 0.6) is 0 Å². The number of anilines is 1. The van der Waals surface area contributed by atoms with Crippen LogP contribution in [0.3, 0.4) is 0 Å². The number of nitrogens with one attached hydrogen (secondary N) is 1. The fourth-order valence-electron chi connectivity index (χ4n) is 4.14. The molecule has 1 atom stereocenters. The van der Waals surface area contributed by atoms with Crippen molar-refractivity contribution in [2.24, 2.45) is 25.4 Å². The Bertz CT molecular complexity index is 1960. The molecule has 0 radical (unpaired) electrons. The molecule has 48 heavy (non-hydrogen) atoms. The summed E-state index contributed by atoms with van der Waals surface area (Å²) in [7, 11) is 1.45. The molecule has 0 bridgehead atoms. The Morgan fingerprint density at radius 1 is 0.771 bits per heavy atom. The quantitative estimate of drug-likeness (QED) is 0.0512. The van der Waals surface area contributed by atoms with E-state index in [0.29, 0.717) is 32.1 Å². The molecule has 4 aromatic carbocycles. The molecule has 0 saturated carbocycles. The lowest BCUT2D eigenvalue weighted by Gasteiger charge is -2.13. The van der Waals surface area contributed by atoms with Gasteiger partial charge in [-0.05, 0) is 104 Å². The fraction of sp³-hybridized carbons (Fsp3) is 0.147. The topological polar surface area (TPSA) is 126 Å². The van der Waals surface area contributed by atoms with Crippen molar-refractivity contribution in [3.8, 4) is 11.1 Å². The van der Waals surface area contributed by atoms with Gasteiger partial charge in [0.05, 0.1) is 22.8 Å². The first-order valence-corrected chi connectivity index (χ1v) is 15.6. The number of rotatable bonds is 12. The van der Waals surface area contributed by atoms with E-state index in [2.05, 4.69) is 30.8 Å². The second kappa shape index (κ2) is 17.0. The zero-order valence-corrected chi connectivity index (χ0v) is 29.1. The van der Waals surface area contributed by atoms with E-state index in [0.717, 1.165) is 22.3 Å². The summed E-state index contributed by atoms with van der Waals surface area (Å²) in [5.41, 5.74) is 5.38. The standard InChI is InChI=1S/C34H28Cl4N6O4/c1-19-13-22(5-9-28(19)39-18-48-32(17-47-4)43-41-30-11-7-24(35)15-26(30)37)23-6-10-29(20(2)14-23)40-34(46)33(21(3)45)44-42-31-12-8-25(36)16-27(31)38/h5-18,33H,1-4H3,(H,40,46). The lowest BCUT2D eigenvalue weighted by atomic mass is 10.00. The molecule has 0 fully saturated rings. The predicted octanol–water partition coefficient (Wildman–Crippen LogP) is 11.2. The van der Waals surface area contributed by atoms with Crippen molar-refractivity contribution in [3.63, 3.8) is 0 Å². The van der Waals surface area contributed by atoms with Crippen LogP contribution in [0.25, 0.3) is 11.1 Å². The molecule has 0 aliphatic heterocycles. The molecule has 4 rings (SSSR count). The SMILES string of the molecule is COC=C(N=Nc1ccc(Cl)cc1Cl)OC=Nc1ccc(-c2ccc(NC(=O)C(N=Nc3ccc(Cl)cc3Cl)C(C)=O)c(C)c2)cc1C. The van der Waals surface area contributed by atoms with Gasteiger partial charge in [-0.15, -0.1) is 10.2 Å². The Morgan fingerprint density at radius 3 is 1.92 bits per heavy atom. The van der Waals surface area contributed by atoms with Crippen LogP contribution in [-0.4, -0.2) is 31.2 Å². The van der Waals surface area contributed by atoms with Gasteiger partial charge in [0.15, 0.2) is 12.2 Å². The molecule has 0 aliphatic carbocycles. The van der Waals surface area contributed by atoms with E-state index < -0.39 is 17.7 Å².